The molecule has 0 aliphatic heterocycles. The van der Waals surface area contributed by atoms with E-state index in [1.807, 2.05) is 19.3 Å². The van der Waals surface area contributed by atoms with Crippen molar-refractivity contribution >= 4 is 27.3 Å². The van der Waals surface area contributed by atoms with E-state index in [2.05, 4.69) is 36.6 Å². The maximum absolute atomic E-state index is 4.51. The van der Waals surface area contributed by atoms with Gasteiger partial charge in [0.15, 0.2) is 0 Å². The lowest BCUT2D eigenvalue weighted by Crippen LogP contribution is -2.04. The molecule has 0 aliphatic rings. The molecule has 0 aromatic carbocycles. The standard InChI is InChI=1S/C10H10BrN3S/c1-12-5-9-6-15-10(14-9)7-2-8(11)4-13-3-7/h2-4,6,12H,5H2,1H3. The van der Waals surface area contributed by atoms with Crippen LogP contribution in [-0.4, -0.2) is 17.0 Å². The Morgan fingerprint density at radius 1 is 1.47 bits per heavy atom. The predicted octanol–water partition coefficient (Wildman–Crippen LogP) is 2.69. The molecular weight excluding hydrogens is 274 g/mol. The summed E-state index contributed by atoms with van der Waals surface area (Å²) in [5.41, 5.74) is 2.12. The molecule has 5 heteroatoms. The van der Waals surface area contributed by atoms with Gasteiger partial charge in [0.25, 0.3) is 0 Å². The van der Waals surface area contributed by atoms with Gasteiger partial charge in [-0.2, -0.15) is 0 Å². The minimum atomic E-state index is 0.804. The Balaban J connectivity index is 2.29. The van der Waals surface area contributed by atoms with Crippen molar-refractivity contribution in [3.8, 4) is 10.6 Å². The highest BCUT2D eigenvalue weighted by Crippen LogP contribution is 2.25. The van der Waals surface area contributed by atoms with Crippen LogP contribution in [0.5, 0.6) is 0 Å². The van der Waals surface area contributed by atoms with E-state index in [0.29, 0.717) is 0 Å². The number of hydrogen-bond donors (Lipinski definition) is 1. The molecule has 3 nitrogen and oxygen atoms in total. The summed E-state index contributed by atoms with van der Waals surface area (Å²) >= 11 is 5.04. The van der Waals surface area contributed by atoms with Crippen LogP contribution in [0.15, 0.2) is 28.3 Å². The van der Waals surface area contributed by atoms with Crippen LogP contribution in [-0.2, 0) is 6.54 Å². The number of hydrogen-bond acceptors (Lipinski definition) is 4. The third-order valence-electron chi connectivity index (χ3n) is 1.86. The molecule has 0 aliphatic carbocycles. The van der Waals surface area contributed by atoms with Crippen molar-refractivity contribution in [3.63, 3.8) is 0 Å². The SMILES string of the molecule is CNCc1csc(-c2cncc(Br)c2)n1. The Kier molecular flexibility index (Phi) is 3.45. The van der Waals surface area contributed by atoms with Gasteiger partial charge in [-0.3, -0.25) is 4.98 Å². The van der Waals surface area contributed by atoms with Crippen LogP contribution in [0.2, 0.25) is 0 Å². The number of aromatic nitrogens is 2. The number of nitrogens with one attached hydrogen (secondary N) is 1. The first-order chi connectivity index (χ1) is 7.29. The zero-order valence-electron chi connectivity index (χ0n) is 8.20. The highest BCUT2D eigenvalue weighted by atomic mass is 79.9. The van der Waals surface area contributed by atoms with Gasteiger partial charge in [-0.25, -0.2) is 4.98 Å². The van der Waals surface area contributed by atoms with Crippen LogP contribution >= 0.6 is 27.3 Å². The lowest BCUT2D eigenvalue weighted by molar-refractivity contribution is 0.798. The van der Waals surface area contributed by atoms with E-state index >= 15 is 0 Å². The normalized spacial score (nSPS) is 10.5. The molecule has 0 unspecified atom stereocenters. The second kappa shape index (κ2) is 4.83. The van der Waals surface area contributed by atoms with Crippen LogP contribution in [0.1, 0.15) is 5.69 Å². The molecule has 0 atom stereocenters. The van der Waals surface area contributed by atoms with Crippen molar-refractivity contribution in [1.29, 1.82) is 0 Å². The van der Waals surface area contributed by atoms with E-state index in [-0.39, 0.29) is 0 Å². The van der Waals surface area contributed by atoms with E-state index in [4.69, 9.17) is 0 Å². The molecule has 2 aromatic rings. The Morgan fingerprint density at radius 3 is 3.07 bits per heavy atom. The molecule has 0 fully saturated rings. The van der Waals surface area contributed by atoms with Gasteiger partial charge >= 0.3 is 0 Å². The minimum absolute atomic E-state index is 0.804. The zero-order valence-corrected chi connectivity index (χ0v) is 10.6. The van der Waals surface area contributed by atoms with E-state index in [1.165, 1.54) is 0 Å². The number of pyridine rings is 1. The zero-order chi connectivity index (χ0) is 10.7. The molecule has 0 spiro atoms. The van der Waals surface area contributed by atoms with Gasteiger partial charge < -0.3 is 5.32 Å². The molecular formula is C10H10BrN3S. The van der Waals surface area contributed by atoms with Gasteiger partial charge in [-0.05, 0) is 29.0 Å². The summed E-state index contributed by atoms with van der Waals surface area (Å²) in [6, 6.07) is 2.02. The van der Waals surface area contributed by atoms with E-state index in [9.17, 15) is 0 Å². The number of halogens is 1. The fourth-order valence-corrected chi connectivity index (χ4v) is 2.40. The average molecular weight is 284 g/mol. The van der Waals surface area contributed by atoms with E-state index in [0.717, 1.165) is 27.3 Å². The van der Waals surface area contributed by atoms with Crippen LogP contribution in [0.3, 0.4) is 0 Å². The second-order valence-electron chi connectivity index (χ2n) is 3.07. The first-order valence-electron chi connectivity index (χ1n) is 4.49. The Bertz CT molecular complexity index is 455. The van der Waals surface area contributed by atoms with Gasteiger partial charge in [-0.1, -0.05) is 0 Å². The Morgan fingerprint density at radius 2 is 2.33 bits per heavy atom. The van der Waals surface area contributed by atoms with Crippen molar-refractivity contribution < 1.29 is 0 Å². The van der Waals surface area contributed by atoms with Gasteiger partial charge in [0, 0.05) is 34.4 Å². The molecule has 0 amide bonds. The molecule has 2 heterocycles. The Hall–Kier alpha value is -0.780. The third kappa shape index (κ3) is 2.62. The summed E-state index contributed by atoms with van der Waals surface area (Å²) in [4.78, 5) is 8.63. The third-order valence-corrected chi connectivity index (χ3v) is 3.24. The van der Waals surface area contributed by atoms with Crippen molar-refractivity contribution in [2.45, 2.75) is 6.54 Å². The smallest absolute Gasteiger partial charge is 0.125 e. The summed E-state index contributed by atoms with van der Waals surface area (Å²) < 4.78 is 0.977. The van der Waals surface area contributed by atoms with Gasteiger partial charge in [0.05, 0.1) is 5.69 Å². The summed E-state index contributed by atoms with van der Waals surface area (Å²) in [5.74, 6) is 0. The molecule has 2 aromatic heterocycles. The van der Waals surface area contributed by atoms with Gasteiger partial charge in [-0.15, -0.1) is 11.3 Å². The predicted molar refractivity (Wildman–Crippen MR) is 65.8 cm³/mol. The Labute approximate surface area is 101 Å². The van der Waals surface area contributed by atoms with E-state index in [1.54, 1.807) is 17.5 Å². The van der Waals surface area contributed by atoms with Crippen molar-refractivity contribution in [2.75, 3.05) is 7.05 Å². The molecule has 2 rings (SSSR count). The molecule has 78 valence electrons. The van der Waals surface area contributed by atoms with Crippen molar-refractivity contribution in [1.82, 2.24) is 15.3 Å². The second-order valence-corrected chi connectivity index (χ2v) is 4.84. The molecule has 0 bridgehead atoms. The van der Waals surface area contributed by atoms with Crippen LogP contribution in [0.4, 0.5) is 0 Å². The molecule has 15 heavy (non-hydrogen) atoms. The summed E-state index contributed by atoms with van der Waals surface area (Å²) in [6.45, 7) is 0.804. The van der Waals surface area contributed by atoms with Crippen molar-refractivity contribution in [2.24, 2.45) is 0 Å². The fourth-order valence-electron chi connectivity index (χ4n) is 1.23. The maximum atomic E-state index is 4.51. The monoisotopic (exact) mass is 283 g/mol. The van der Waals surface area contributed by atoms with E-state index < -0.39 is 0 Å². The molecule has 0 saturated heterocycles. The van der Waals surface area contributed by atoms with Crippen LogP contribution in [0.25, 0.3) is 10.6 Å². The lowest BCUT2D eigenvalue weighted by Gasteiger charge is -1.96. The fraction of sp³-hybridized carbons (Fsp3) is 0.200. The highest BCUT2D eigenvalue weighted by molar-refractivity contribution is 9.10. The maximum Gasteiger partial charge on any atom is 0.125 e. The van der Waals surface area contributed by atoms with Crippen LogP contribution < -0.4 is 5.32 Å². The van der Waals surface area contributed by atoms with Gasteiger partial charge in [0.1, 0.15) is 5.01 Å². The summed E-state index contributed by atoms with van der Waals surface area (Å²) in [6.07, 6.45) is 3.60. The van der Waals surface area contributed by atoms with Crippen LogP contribution in [0, 0.1) is 0 Å². The highest BCUT2D eigenvalue weighted by Gasteiger charge is 2.04. The van der Waals surface area contributed by atoms with Gasteiger partial charge in [0.2, 0.25) is 0 Å². The molecule has 1 N–H and O–H groups in total. The summed E-state index contributed by atoms with van der Waals surface area (Å²) in [5, 5.41) is 6.15. The summed E-state index contributed by atoms with van der Waals surface area (Å²) in [7, 11) is 1.92. The number of nitrogens with zero attached hydrogens (tertiary/aromatic N) is 2. The number of rotatable bonds is 3. The molecule has 0 saturated carbocycles. The quantitative estimate of drug-likeness (QED) is 0.941. The topological polar surface area (TPSA) is 37.8 Å². The lowest BCUT2D eigenvalue weighted by atomic mass is 10.3. The largest absolute Gasteiger partial charge is 0.314 e. The first kappa shape index (κ1) is 10.7. The number of thiazole rings is 1. The van der Waals surface area contributed by atoms with Crippen molar-refractivity contribution in [3.05, 3.63) is 34.0 Å². The minimum Gasteiger partial charge on any atom is -0.314 e. The average Bonchev–Trinajstić information content (AvgIpc) is 2.67. The molecule has 0 radical (unpaired) electrons. The first-order valence-corrected chi connectivity index (χ1v) is 6.17.